The zero-order valence-corrected chi connectivity index (χ0v) is 11.8. The molecule has 3 heterocycles. The van der Waals surface area contributed by atoms with Crippen molar-refractivity contribution in [3.63, 3.8) is 0 Å². The Balaban J connectivity index is 0.000000807. The summed E-state index contributed by atoms with van der Waals surface area (Å²) in [6.07, 6.45) is 1.29. The minimum absolute atomic E-state index is 0. The standard InChI is InChI=1S/C16H22N2O.2H2/c1-11(2)17-7-6-14-13(10-17)12-4-3-5-15-16(12)18(14)8-9-19-15;;/h3-5,11,13-14H,6-10H2,1-2H3;2*1H. The fourth-order valence-electron chi connectivity index (χ4n) is 4.07. The molecule has 1 fully saturated rings. The van der Waals surface area contributed by atoms with Crippen molar-refractivity contribution in [3.8, 4) is 5.75 Å². The van der Waals surface area contributed by atoms with Crippen LogP contribution in [-0.2, 0) is 0 Å². The quantitative estimate of drug-likeness (QED) is 0.774. The van der Waals surface area contributed by atoms with Crippen molar-refractivity contribution in [1.82, 2.24) is 4.90 Å². The molecule has 3 aliphatic heterocycles. The van der Waals surface area contributed by atoms with Crippen molar-refractivity contribution in [3.05, 3.63) is 23.8 Å². The molecule has 4 rings (SSSR count). The van der Waals surface area contributed by atoms with Gasteiger partial charge in [-0.1, -0.05) is 12.1 Å². The van der Waals surface area contributed by atoms with Crippen LogP contribution in [0.2, 0.25) is 0 Å². The Morgan fingerprint density at radius 2 is 2.21 bits per heavy atom. The molecule has 106 valence electrons. The number of hydrogen-bond donors (Lipinski definition) is 0. The van der Waals surface area contributed by atoms with Gasteiger partial charge in [0.2, 0.25) is 0 Å². The maximum Gasteiger partial charge on any atom is 0.142 e. The molecule has 0 amide bonds. The second kappa shape index (κ2) is 4.14. The Kier molecular flexibility index (Phi) is 2.52. The van der Waals surface area contributed by atoms with Crippen LogP contribution in [0.4, 0.5) is 5.69 Å². The van der Waals surface area contributed by atoms with Gasteiger partial charge in [-0.25, -0.2) is 0 Å². The maximum absolute atomic E-state index is 5.84. The molecule has 19 heavy (non-hydrogen) atoms. The van der Waals surface area contributed by atoms with Crippen LogP contribution < -0.4 is 9.64 Å². The summed E-state index contributed by atoms with van der Waals surface area (Å²) >= 11 is 0. The summed E-state index contributed by atoms with van der Waals surface area (Å²) in [6.45, 7) is 8.96. The van der Waals surface area contributed by atoms with Gasteiger partial charge in [-0.3, -0.25) is 0 Å². The van der Waals surface area contributed by atoms with E-state index in [1.54, 1.807) is 0 Å². The first-order chi connectivity index (χ1) is 9.25. The van der Waals surface area contributed by atoms with Crippen molar-refractivity contribution in [1.29, 1.82) is 0 Å². The van der Waals surface area contributed by atoms with Crippen LogP contribution in [0.1, 0.15) is 34.6 Å². The normalized spacial score (nSPS) is 29.1. The van der Waals surface area contributed by atoms with Gasteiger partial charge in [0.25, 0.3) is 0 Å². The minimum atomic E-state index is 0. The zero-order chi connectivity index (χ0) is 13.0. The lowest BCUT2D eigenvalue weighted by atomic mass is 9.88. The molecular weight excluding hydrogens is 236 g/mol. The predicted octanol–water partition coefficient (Wildman–Crippen LogP) is 2.96. The first kappa shape index (κ1) is 11.6. The lowest BCUT2D eigenvalue weighted by molar-refractivity contribution is 0.154. The molecule has 2 unspecified atom stereocenters. The van der Waals surface area contributed by atoms with E-state index in [9.17, 15) is 0 Å². The number of rotatable bonds is 1. The highest BCUT2D eigenvalue weighted by molar-refractivity contribution is 5.71. The molecule has 0 saturated carbocycles. The third-order valence-corrected chi connectivity index (χ3v) is 5.05. The number of likely N-dealkylation sites (tertiary alicyclic amines) is 1. The fourth-order valence-corrected chi connectivity index (χ4v) is 4.07. The molecule has 0 bridgehead atoms. The molecule has 3 nitrogen and oxygen atoms in total. The van der Waals surface area contributed by atoms with E-state index >= 15 is 0 Å². The average molecular weight is 262 g/mol. The third kappa shape index (κ3) is 1.61. The van der Waals surface area contributed by atoms with Crippen molar-refractivity contribution in [2.24, 2.45) is 0 Å². The van der Waals surface area contributed by atoms with E-state index in [-0.39, 0.29) is 2.85 Å². The van der Waals surface area contributed by atoms with E-state index in [0.717, 1.165) is 18.9 Å². The Hall–Kier alpha value is -1.22. The van der Waals surface area contributed by atoms with Crippen LogP contribution in [0, 0.1) is 0 Å². The fraction of sp³-hybridized carbons (Fsp3) is 0.625. The van der Waals surface area contributed by atoms with Crippen LogP contribution in [0.5, 0.6) is 5.75 Å². The average Bonchev–Trinajstić information content (AvgIpc) is 2.76. The summed E-state index contributed by atoms with van der Waals surface area (Å²) in [5.41, 5.74) is 2.92. The largest absolute Gasteiger partial charge is 0.490 e. The summed E-state index contributed by atoms with van der Waals surface area (Å²) in [6, 6.07) is 7.96. The van der Waals surface area contributed by atoms with Gasteiger partial charge in [-0.2, -0.15) is 0 Å². The molecule has 0 N–H and O–H groups in total. The number of fused-ring (bicyclic) bond motifs is 3. The summed E-state index contributed by atoms with van der Waals surface area (Å²) in [7, 11) is 0. The summed E-state index contributed by atoms with van der Waals surface area (Å²) in [4.78, 5) is 5.25. The Morgan fingerprint density at radius 3 is 3.05 bits per heavy atom. The molecule has 0 spiro atoms. The van der Waals surface area contributed by atoms with Gasteiger partial charge in [0, 0.05) is 33.9 Å². The lowest BCUT2D eigenvalue weighted by Gasteiger charge is -2.41. The first-order valence-corrected chi connectivity index (χ1v) is 7.52. The summed E-state index contributed by atoms with van der Waals surface area (Å²) in [5, 5.41) is 0. The SMILES string of the molecule is CC(C)N1CCC2C(C1)c1cccc3c1N2CCO3.[HH].[HH]. The highest BCUT2D eigenvalue weighted by Gasteiger charge is 2.44. The second-order valence-electron chi connectivity index (χ2n) is 6.29. The number of hydrogen-bond acceptors (Lipinski definition) is 3. The topological polar surface area (TPSA) is 15.7 Å². The summed E-state index contributed by atoms with van der Waals surface area (Å²) < 4.78 is 5.84. The molecule has 2 atom stereocenters. The zero-order valence-electron chi connectivity index (χ0n) is 11.8. The minimum Gasteiger partial charge on any atom is -0.490 e. The van der Waals surface area contributed by atoms with Gasteiger partial charge in [-0.05, 0) is 31.9 Å². The van der Waals surface area contributed by atoms with Crippen molar-refractivity contribution in [2.45, 2.75) is 38.3 Å². The predicted molar refractivity (Wildman–Crippen MR) is 81.4 cm³/mol. The second-order valence-corrected chi connectivity index (χ2v) is 6.29. The molecule has 0 radical (unpaired) electrons. The number of ether oxygens (including phenoxy) is 1. The monoisotopic (exact) mass is 262 g/mol. The Morgan fingerprint density at radius 1 is 1.32 bits per heavy atom. The highest BCUT2D eigenvalue weighted by Crippen LogP contribution is 2.50. The van der Waals surface area contributed by atoms with Crippen LogP contribution in [0.3, 0.4) is 0 Å². The van der Waals surface area contributed by atoms with E-state index in [4.69, 9.17) is 4.74 Å². The van der Waals surface area contributed by atoms with Gasteiger partial charge < -0.3 is 14.5 Å². The molecule has 3 heteroatoms. The Labute approximate surface area is 118 Å². The van der Waals surface area contributed by atoms with Crippen LogP contribution in [0.15, 0.2) is 18.2 Å². The number of nitrogens with zero attached hydrogens (tertiary/aromatic N) is 2. The van der Waals surface area contributed by atoms with Crippen molar-refractivity contribution >= 4 is 5.69 Å². The maximum atomic E-state index is 5.84. The first-order valence-electron chi connectivity index (χ1n) is 7.52. The molecule has 1 aromatic rings. The number of para-hydroxylation sites is 1. The van der Waals surface area contributed by atoms with Gasteiger partial charge >= 0.3 is 0 Å². The van der Waals surface area contributed by atoms with Gasteiger partial charge in [0.15, 0.2) is 0 Å². The highest BCUT2D eigenvalue weighted by atomic mass is 16.5. The van der Waals surface area contributed by atoms with Crippen LogP contribution >= 0.6 is 0 Å². The number of anilines is 1. The van der Waals surface area contributed by atoms with Crippen molar-refractivity contribution in [2.75, 3.05) is 31.1 Å². The third-order valence-electron chi connectivity index (χ3n) is 5.05. The van der Waals surface area contributed by atoms with E-state index in [2.05, 4.69) is 41.8 Å². The lowest BCUT2D eigenvalue weighted by Crippen LogP contribution is -2.49. The molecule has 3 aliphatic rings. The smallest absolute Gasteiger partial charge is 0.142 e. The van der Waals surface area contributed by atoms with E-state index in [1.807, 2.05) is 0 Å². The summed E-state index contributed by atoms with van der Waals surface area (Å²) in [5.74, 6) is 1.78. The number of piperidine rings is 1. The van der Waals surface area contributed by atoms with Crippen molar-refractivity contribution < 1.29 is 7.59 Å². The molecule has 0 aliphatic carbocycles. The van der Waals surface area contributed by atoms with Gasteiger partial charge in [-0.15, -0.1) is 0 Å². The van der Waals surface area contributed by atoms with Gasteiger partial charge in [0.1, 0.15) is 12.4 Å². The molecular formula is C16H26N2O. The molecule has 0 aromatic heterocycles. The van der Waals surface area contributed by atoms with E-state index in [0.29, 0.717) is 18.0 Å². The van der Waals surface area contributed by atoms with E-state index < -0.39 is 0 Å². The van der Waals surface area contributed by atoms with E-state index in [1.165, 1.54) is 30.8 Å². The Bertz CT molecular complexity index is 509. The van der Waals surface area contributed by atoms with Crippen LogP contribution in [0.25, 0.3) is 0 Å². The molecule has 1 saturated heterocycles. The molecule has 1 aromatic carbocycles. The number of benzene rings is 1. The van der Waals surface area contributed by atoms with Gasteiger partial charge in [0.05, 0.1) is 12.2 Å². The van der Waals surface area contributed by atoms with Crippen LogP contribution in [-0.4, -0.2) is 43.2 Å².